The van der Waals surface area contributed by atoms with Crippen molar-refractivity contribution in [2.24, 2.45) is 0 Å². The fraction of sp³-hybridized carbons (Fsp3) is 0.429. The smallest absolute Gasteiger partial charge is 0.335 e. The standard InChI is InChI=1S/C14H17NO3S/c1-2-12-9-15(7-8-19-12)13(16)10-3-5-11(6-4-10)14(17)18/h3-6,12H,2,7-9H2,1H3,(H,17,18). The van der Waals surface area contributed by atoms with Crippen LogP contribution in [0.25, 0.3) is 0 Å². The van der Waals surface area contributed by atoms with Crippen LogP contribution < -0.4 is 0 Å². The molecule has 1 aliphatic heterocycles. The zero-order chi connectivity index (χ0) is 13.8. The summed E-state index contributed by atoms with van der Waals surface area (Å²) in [5.41, 5.74) is 0.768. The molecule has 0 saturated carbocycles. The third kappa shape index (κ3) is 3.29. The van der Waals surface area contributed by atoms with Gasteiger partial charge in [-0.25, -0.2) is 4.79 Å². The van der Waals surface area contributed by atoms with Crippen molar-refractivity contribution in [3.8, 4) is 0 Å². The predicted molar refractivity (Wildman–Crippen MR) is 75.8 cm³/mol. The second-order valence-corrected chi connectivity index (χ2v) is 5.94. The van der Waals surface area contributed by atoms with Gasteiger partial charge in [-0.2, -0.15) is 11.8 Å². The number of aromatic carboxylic acids is 1. The molecule has 1 amide bonds. The number of carboxylic acid groups (broad SMARTS) is 1. The van der Waals surface area contributed by atoms with E-state index >= 15 is 0 Å². The Morgan fingerprint density at radius 2 is 1.95 bits per heavy atom. The fourth-order valence-corrected chi connectivity index (χ4v) is 3.27. The Morgan fingerprint density at radius 3 is 2.53 bits per heavy atom. The summed E-state index contributed by atoms with van der Waals surface area (Å²) < 4.78 is 0. The largest absolute Gasteiger partial charge is 0.478 e. The van der Waals surface area contributed by atoms with Gasteiger partial charge in [0, 0.05) is 29.7 Å². The minimum Gasteiger partial charge on any atom is -0.478 e. The van der Waals surface area contributed by atoms with Gasteiger partial charge in [-0.05, 0) is 30.7 Å². The molecule has 0 aliphatic carbocycles. The Labute approximate surface area is 116 Å². The van der Waals surface area contributed by atoms with E-state index in [0.29, 0.717) is 10.8 Å². The molecule has 0 spiro atoms. The highest BCUT2D eigenvalue weighted by Gasteiger charge is 2.23. The fourth-order valence-electron chi connectivity index (χ4n) is 2.09. The second kappa shape index (κ2) is 6.10. The minimum absolute atomic E-state index is 0.00399. The normalized spacial score (nSPS) is 19.2. The van der Waals surface area contributed by atoms with E-state index in [1.54, 1.807) is 12.1 Å². The van der Waals surface area contributed by atoms with Crippen molar-refractivity contribution < 1.29 is 14.7 Å². The predicted octanol–water partition coefficient (Wildman–Crippen LogP) is 2.35. The molecule has 2 rings (SSSR count). The topological polar surface area (TPSA) is 57.6 Å². The highest BCUT2D eigenvalue weighted by molar-refractivity contribution is 8.00. The molecule has 0 bridgehead atoms. The Balaban J connectivity index is 2.08. The van der Waals surface area contributed by atoms with Gasteiger partial charge in [0.05, 0.1) is 5.56 Å². The molecule has 1 unspecified atom stereocenters. The average molecular weight is 279 g/mol. The Hall–Kier alpha value is -1.49. The molecule has 5 heteroatoms. The molecule has 102 valence electrons. The monoisotopic (exact) mass is 279 g/mol. The van der Waals surface area contributed by atoms with Crippen LogP contribution in [0, 0.1) is 0 Å². The van der Waals surface area contributed by atoms with Gasteiger partial charge in [0.2, 0.25) is 0 Å². The maximum atomic E-state index is 12.3. The van der Waals surface area contributed by atoms with E-state index < -0.39 is 5.97 Å². The number of hydrogen-bond donors (Lipinski definition) is 1. The zero-order valence-corrected chi connectivity index (χ0v) is 11.7. The SMILES string of the molecule is CCC1CN(C(=O)c2ccc(C(=O)O)cc2)CCS1. The van der Waals surface area contributed by atoms with Gasteiger partial charge < -0.3 is 10.0 Å². The molecule has 4 nitrogen and oxygen atoms in total. The van der Waals surface area contributed by atoms with E-state index in [4.69, 9.17) is 5.11 Å². The summed E-state index contributed by atoms with van der Waals surface area (Å²) in [5, 5.41) is 9.34. The average Bonchev–Trinajstić information content (AvgIpc) is 2.46. The van der Waals surface area contributed by atoms with Gasteiger partial charge >= 0.3 is 5.97 Å². The lowest BCUT2D eigenvalue weighted by Gasteiger charge is -2.32. The summed E-state index contributed by atoms with van der Waals surface area (Å²) in [6.45, 7) is 3.68. The summed E-state index contributed by atoms with van der Waals surface area (Å²) >= 11 is 1.91. The third-order valence-corrected chi connectivity index (χ3v) is 4.63. The highest BCUT2D eigenvalue weighted by atomic mass is 32.2. The summed E-state index contributed by atoms with van der Waals surface area (Å²) in [6, 6.07) is 6.14. The van der Waals surface area contributed by atoms with Crippen LogP contribution in [0.1, 0.15) is 34.1 Å². The van der Waals surface area contributed by atoms with Crippen LogP contribution in [0.15, 0.2) is 24.3 Å². The summed E-state index contributed by atoms with van der Waals surface area (Å²) in [4.78, 5) is 24.9. The van der Waals surface area contributed by atoms with Crippen LogP contribution in [-0.4, -0.2) is 46.0 Å². The van der Waals surface area contributed by atoms with Crippen molar-refractivity contribution >= 4 is 23.6 Å². The number of carbonyl (C=O) groups is 2. The van der Waals surface area contributed by atoms with Gasteiger partial charge in [-0.1, -0.05) is 6.92 Å². The summed E-state index contributed by atoms with van der Waals surface area (Å²) in [5.74, 6) is -0.00705. The van der Waals surface area contributed by atoms with E-state index in [1.165, 1.54) is 12.1 Å². The molecule has 1 aromatic rings. The number of hydrogen-bond acceptors (Lipinski definition) is 3. The van der Waals surface area contributed by atoms with Crippen LogP contribution in [0.5, 0.6) is 0 Å². The van der Waals surface area contributed by atoms with Crippen molar-refractivity contribution in [2.75, 3.05) is 18.8 Å². The molecule has 1 heterocycles. The van der Waals surface area contributed by atoms with Crippen molar-refractivity contribution in [1.29, 1.82) is 0 Å². The Bertz CT molecular complexity index is 472. The number of carboxylic acids is 1. The number of thioether (sulfide) groups is 1. The molecule has 1 fully saturated rings. The quantitative estimate of drug-likeness (QED) is 0.922. The summed E-state index contributed by atoms with van der Waals surface area (Å²) in [6.07, 6.45) is 1.06. The molecule has 1 atom stereocenters. The maximum absolute atomic E-state index is 12.3. The minimum atomic E-state index is -0.973. The van der Waals surface area contributed by atoms with Gasteiger partial charge in [0.1, 0.15) is 0 Å². The molecule has 19 heavy (non-hydrogen) atoms. The van der Waals surface area contributed by atoms with Crippen molar-refractivity contribution in [1.82, 2.24) is 4.90 Å². The molecule has 0 aromatic heterocycles. The van der Waals surface area contributed by atoms with Gasteiger partial charge in [-0.3, -0.25) is 4.79 Å². The zero-order valence-electron chi connectivity index (χ0n) is 10.8. The number of nitrogens with zero attached hydrogens (tertiary/aromatic N) is 1. The second-order valence-electron chi connectivity index (χ2n) is 4.53. The number of carbonyl (C=O) groups excluding carboxylic acids is 1. The van der Waals surface area contributed by atoms with Crippen LogP contribution in [0.2, 0.25) is 0 Å². The number of amides is 1. The third-order valence-electron chi connectivity index (χ3n) is 3.26. The van der Waals surface area contributed by atoms with Crippen LogP contribution in [-0.2, 0) is 0 Å². The van der Waals surface area contributed by atoms with E-state index in [0.717, 1.165) is 25.3 Å². The summed E-state index contributed by atoms with van der Waals surface area (Å²) in [7, 11) is 0. The van der Waals surface area contributed by atoms with Crippen LogP contribution in [0.4, 0.5) is 0 Å². The van der Waals surface area contributed by atoms with Gasteiger partial charge in [-0.15, -0.1) is 0 Å². The highest BCUT2D eigenvalue weighted by Crippen LogP contribution is 2.22. The molecule has 1 aromatic carbocycles. The van der Waals surface area contributed by atoms with Gasteiger partial charge in [0.25, 0.3) is 5.91 Å². The van der Waals surface area contributed by atoms with Gasteiger partial charge in [0.15, 0.2) is 0 Å². The van der Waals surface area contributed by atoms with Crippen molar-refractivity contribution in [3.05, 3.63) is 35.4 Å². The first kappa shape index (κ1) is 13.9. The lowest BCUT2D eigenvalue weighted by molar-refractivity contribution is 0.0694. The molecular formula is C14H17NO3S. The van der Waals surface area contributed by atoms with Crippen LogP contribution >= 0.6 is 11.8 Å². The first-order valence-corrected chi connectivity index (χ1v) is 7.41. The van der Waals surface area contributed by atoms with E-state index in [1.807, 2.05) is 16.7 Å². The number of benzene rings is 1. The number of rotatable bonds is 3. The van der Waals surface area contributed by atoms with E-state index in [-0.39, 0.29) is 11.5 Å². The maximum Gasteiger partial charge on any atom is 0.335 e. The first-order chi connectivity index (χ1) is 9.11. The molecule has 1 N–H and O–H groups in total. The lowest BCUT2D eigenvalue weighted by atomic mass is 10.1. The van der Waals surface area contributed by atoms with Crippen LogP contribution in [0.3, 0.4) is 0 Å². The molecule has 1 saturated heterocycles. The van der Waals surface area contributed by atoms with Crippen molar-refractivity contribution in [3.63, 3.8) is 0 Å². The Morgan fingerprint density at radius 1 is 1.32 bits per heavy atom. The molecule has 0 radical (unpaired) electrons. The van der Waals surface area contributed by atoms with E-state index in [9.17, 15) is 9.59 Å². The molecule has 1 aliphatic rings. The van der Waals surface area contributed by atoms with Crippen molar-refractivity contribution in [2.45, 2.75) is 18.6 Å². The Kier molecular flexibility index (Phi) is 4.47. The lowest BCUT2D eigenvalue weighted by Crippen LogP contribution is -2.41. The first-order valence-electron chi connectivity index (χ1n) is 6.36. The van der Waals surface area contributed by atoms with E-state index in [2.05, 4.69) is 6.92 Å². The molecular weight excluding hydrogens is 262 g/mol.